The van der Waals surface area contributed by atoms with E-state index in [2.05, 4.69) is 0 Å². The summed E-state index contributed by atoms with van der Waals surface area (Å²) in [7, 11) is 2.54. The van der Waals surface area contributed by atoms with Crippen LogP contribution in [0.15, 0.2) is 33.9 Å². The van der Waals surface area contributed by atoms with Crippen molar-refractivity contribution in [2.24, 2.45) is 14.1 Å². The van der Waals surface area contributed by atoms with E-state index in [1.165, 1.54) is 14.1 Å². The molecule has 2 heterocycles. The van der Waals surface area contributed by atoms with E-state index >= 15 is 0 Å². The number of hydrogen-bond acceptors (Lipinski definition) is 8. The van der Waals surface area contributed by atoms with Gasteiger partial charge in [0.25, 0.3) is 5.56 Å². The van der Waals surface area contributed by atoms with Gasteiger partial charge < -0.3 is 19.9 Å². The molecule has 0 amide bonds. The molecule has 0 saturated carbocycles. The molecule has 0 aliphatic carbocycles. The Morgan fingerprint density at radius 2 is 1.85 bits per heavy atom. The molecule has 0 fully saturated rings. The lowest BCUT2D eigenvalue weighted by atomic mass is 10.2. The zero-order chi connectivity index (χ0) is 19.7. The Hall–Kier alpha value is -3.56. The Labute approximate surface area is 152 Å². The van der Waals surface area contributed by atoms with Crippen LogP contribution in [-0.2, 0) is 23.6 Å². The van der Waals surface area contributed by atoms with Crippen molar-refractivity contribution in [1.29, 1.82) is 0 Å². The minimum absolute atomic E-state index is 0.0756. The molecule has 142 valence electrons. The molecular formula is C17H17N3O7. The van der Waals surface area contributed by atoms with Crippen molar-refractivity contribution in [2.75, 3.05) is 18.9 Å². The topological polar surface area (TPSA) is 132 Å². The molecule has 10 heteroatoms. The number of nitrogen functional groups attached to an aromatic ring is 1. The maximum Gasteiger partial charge on any atom is 0.351 e. The van der Waals surface area contributed by atoms with E-state index in [1.54, 1.807) is 24.3 Å². The van der Waals surface area contributed by atoms with Gasteiger partial charge in [0.2, 0.25) is 11.9 Å². The van der Waals surface area contributed by atoms with Gasteiger partial charge in [-0.15, -0.1) is 0 Å². The number of ketones is 1. The summed E-state index contributed by atoms with van der Waals surface area (Å²) in [6, 6.07) is 6.81. The van der Waals surface area contributed by atoms with E-state index < -0.39 is 41.3 Å². The summed E-state index contributed by atoms with van der Waals surface area (Å²) in [4.78, 5) is 48.4. The molecule has 0 radical (unpaired) electrons. The average molecular weight is 375 g/mol. The molecule has 0 spiro atoms. The Bertz CT molecular complexity index is 1040. The average Bonchev–Trinajstić information content (AvgIpc) is 2.68. The highest BCUT2D eigenvalue weighted by atomic mass is 16.6. The van der Waals surface area contributed by atoms with Crippen molar-refractivity contribution >= 4 is 17.6 Å². The standard InChI is InChI=1S/C17H17N3O7/c1-19-14(18)13(15(22)20(2)17(19)24)9(21)7-26-16(23)12-8-25-10-5-3-4-6-11(10)27-12/h3-6,12H,7-8,18H2,1-2H3/t12-/m0/s1. The van der Waals surface area contributed by atoms with Crippen LogP contribution in [0.25, 0.3) is 0 Å². The van der Waals surface area contributed by atoms with Gasteiger partial charge in [-0.2, -0.15) is 0 Å². The molecule has 1 aromatic heterocycles. The third-order valence-electron chi connectivity index (χ3n) is 4.11. The Morgan fingerprint density at radius 3 is 2.56 bits per heavy atom. The third-order valence-corrected chi connectivity index (χ3v) is 4.11. The zero-order valence-electron chi connectivity index (χ0n) is 14.6. The van der Waals surface area contributed by atoms with Crippen LogP contribution in [0.2, 0.25) is 0 Å². The van der Waals surface area contributed by atoms with Gasteiger partial charge in [-0.25, -0.2) is 9.59 Å². The van der Waals surface area contributed by atoms with Gasteiger partial charge >= 0.3 is 11.7 Å². The highest BCUT2D eigenvalue weighted by Crippen LogP contribution is 2.31. The lowest BCUT2D eigenvalue weighted by Gasteiger charge is -2.24. The molecule has 1 aliphatic rings. The maximum atomic E-state index is 12.3. The van der Waals surface area contributed by atoms with Crippen molar-refractivity contribution in [3.8, 4) is 11.5 Å². The molecule has 2 N–H and O–H groups in total. The van der Waals surface area contributed by atoms with Crippen LogP contribution in [0.3, 0.4) is 0 Å². The molecule has 27 heavy (non-hydrogen) atoms. The SMILES string of the molecule is Cn1c(N)c(C(=O)COC(=O)[C@@H]2COc3ccccc3O2)c(=O)n(C)c1=O. The summed E-state index contributed by atoms with van der Waals surface area (Å²) in [5.74, 6) is -1.06. The molecule has 1 aliphatic heterocycles. The summed E-state index contributed by atoms with van der Waals surface area (Å²) in [6.45, 7) is -0.800. The highest BCUT2D eigenvalue weighted by molar-refractivity contribution is 6.01. The molecule has 3 rings (SSSR count). The number of ether oxygens (including phenoxy) is 3. The fourth-order valence-electron chi connectivity index (χ4n) is 2.56. The summed E-state index contributed by atoms with van der Waals surface area (Å²) < 4.78 is 17.6. The Morgan fingerprint density at radius 1 is 1.19 bits per heavy atom. The van der Waals surface area contributed by atoms with Crippen LogP contribution < -0.4 is 26.5 Å². The number of carbonyl (C=O) groups excluding carboxylic acids is 2. The molecule has 1 atom stereocenters. The molecule has 1 aromatic carbocycles. The van der Waals surface area contributed by atoms with E-state index in [-0.39, 0.29) is 12.4 Å². The lowest BCUT2D eigenvalue weighted by Crippen LogP contribution is -2.43. The number of benzene rings is 1. The van der Waals surface area contributed by atoms with Crippen molar-refractivity contribution in [2.45, 2.75) is 6.10 Å². The number of anilines is 1. The number of nitrogens with two attached hydrogens (primary N) is 1. The second kappa shape index (κ2) is 6.98. The lowest BCUT2D eigenvalue weighted by molar-refractivity contribution is -0.153. The van der Waals surface area contributed by atoms with E-state index in [1.807, 2.05) is 0 Å². The molecule has 0 saturated heterocycles. The van der Waals surface area contributed by atoms with E-state index in [4.69, 9.17) is 19.9 Å². The third kappa shape index (κ3) is 3.28. The van der Waals surface area contributed by atoms with E-state index in [0.717, 1.165) is 9.13 Å². The fourth-order valence-corrected chi connectivity index (χ4v) is 2.56. The molecule has 10 nitrogen and oxygen atoms in total. The maximum absolute atomic E-state index is 12.3. The van der Waals surface area contributed by atoms with Crippen molar-refractivity contribution in [3.63, 3.8) is 0 Å². The van der Waals surface area contributed by atoms with Crippen LogP contribution in [0.4, 0.5) is 5.82 Å². The minimum Gasteiger partial charge on any atom is -0.485 e. The number of rotatable bonds is 4. The highest BCUT2D eigenvalue weighted by Gasteiger charge is 2.30. The summed E-state index contributed by atoms with van der Waals surface area (Å²) in [5.41, 5.74) is 3.75. The summed E-state index contributed by atoms with van der Waals surface area (Å²) in [5, 5.41) is 0. The minimum atomic E-state index is -1.05. The molecule has 0 unspecified atom stereocenters. The van der Waals surface area contributed by atoms with Crippen LogP contribution in [-0.4, -0.2) is 40.2 Å². The van der Waals surface area contributed by atoms with Gasteiger partial charge in [-0.1, -0.05) is 12.1 Å². The smallest absolute Gasteiger partial charge is 0.351 e. The monoisotopic (exact) mass is 375 g/mol. The number of nitrogens with zero attached hydrogens (tertiary/aromatic N) is 2. The van der Waals surface area contributed by atoms with Crippen LogP contribution in [0.5, 0.6) is 11.5 Å². The zero-order valence-corrected chi connectivity index (χ0v) is 14.6. The second-order valence-corrected chi connectivity index (χ2v) is 5.86. The first-order valence-electron chi connectivity index (χ1n) is 7.95. The van der Waals surface area contributed by atoms with Gasteiger partial charge in [-0.3, -0.25) is 18.7 Å². The number of esters is 1. The Balaban J connectivity index is 1.71. The van der Waals surface area contributed by atoms with Crippen molar-refractivity contribution in [1.82, 2.24) is 9.13 Å². The number of fused-ring (bicyclic) bond motifs is 1. The molecule has 0 bridgehead atoms. The van der Waals surface area contributed by atoms with Gasteiger partial charge in [0, 0.05) is 14.1 Å². The number of para-hydroxylation sites is 2. The predicted molar refractivity (Wildman–Crippen MR) is 93.0 cm³/mol. The van der Waals surface area contributed by atoms with Gasteiger partial charge in [0.15, 0.2) is 18.1 Å². The number of aromatic nitrogens is 2. The Kier molecular flexibility index (Phi) is 4.72. The number of carbonyl (C=O) groups is 2. The normalized spacial score (nSPS) is 15.3. The van der Waals surface area contributed by atoms with Crippen LogP contribution in [0, 0.1) is 0 Å². The van der Waals surface area contributed by atoms with Crippen molar-refractivity contribution in [3.05, 3.63) is 50.7 Å². The summed E-state index contributed by atoms with van der Waals surface area (Å²) >= 11 is 0. The number of hydrogen-bond donors (Lipinski definition) is 1. The first kappa shape index (κ1) is 18.2. The fraction of sp³-hybridized carbons (Fsp3) is 0.294. The first-order valence-corrected chi connectivity index (χ1v) is 7.95. The molecular weight excluding hydrogens is 358 g/mol. The largest absolute Gasteiger partial charge is 0.485 e. The van der Waals surface area contributed by atoms with Crippen LogP contribution in [0.1, 0.15) is 10.4 Å². The van der Waals surface area contributed by atoms with E-state index in [0.29, 0.717) is 11.5 Å². The number of Topliss-reactive ketones (excluding diaryl/α,β-unsaturated/α-hetero) is 1. The quantitative estimate of drug-likeness (QED) is 0.544. The summed E-state index contributed by atoms with van der Waals surface area (Å²) in [6.07, 6.45) is -1.05. The van der Waals surface area contributed by atoms with E-state index in [9.17, 15) is 19.2 Å². The molecule has 2 aromatic rings. The van der Waals surface area contributed by atoms with Gasteiger partial charge in [0.05, 0.1) is 0 Å². The van der Waals surface area contributed by atoms with Crippen LogP contribution >= 0.6 is 0 Å². The predicted octanol–water partition coefficient (Wildman–Crippen LogP) is -0.768. The van der Waals surface area contributed by atoms with Crippen molar-refractivity contribution < 1.29 is 23.8 Å². The first-order chi connectivity index (χ1) is 12.8. The van der Waals surface area contributed by atoms with Gasteiger partial charge in [0.1, 0.15) is 18.0 Å². The second-order valence-electron chi connectivity index (χ2n) is 5.86. The van der Waals surface area contributed by atoms with Gasteiger partial charge in [-0.05, 0) is 12.1 Å².